The molecule has 0 aliphatic carbocycles. The Labute approximate surface area is 70.6 Å². The van der Waals surface area contributed by atoms with Crippen LogP contribution in [-0.2, 0) is 13.6 Å². The fourth-order valence-electron chi connectivity index (χ4n) is 0.248. The maximum absolute atomic E-state index is 10.3. The van der Waals surface area contributed by atoms with Crippen LogP contribution in [0.15, 0.2) is 0 Å². The Kier molecular flexibility index (Phi) is 15.8. The first kappa shape index (κ1) is 13.0. The molecule has 0 aromatic rings. The van der Waals surface area contributed by atoms with E-state index in [1.807, 2.05) is 0 Å². The molecule has 0 aromatic heterocycles. The van der Waals surface area contributed by atoms with Crippen LogP contribution in [0.25, 0.3) is 0 Å². The van der Waals surface area contributed by atoms with Gasteiger partial charge >= 0.3 is 29.5 Å². The van der Waals surface area contributed by atoms with E-state index in [9.17, 15) is 4.57 Å². The number of hydrogen-bond donors (Lipinski definition) is 0. The van der Waals surface area contributed by atoms with E-state index in [0.29, 0.717) is 13.2 Å². The summed E-state index contributed by atoms with van der Waals surface area (Å²) in [6.07, 6.45) is 0. The fourth-order valence-corrected chi connectivity index (χ4v) is 0.744. The molecule has 0 atom stereocenters. The van der Waals surface area contributed by atoms with Crippen molar-refractivity contribution in [3.05, 3.63) is 0 Å². The SMILES string of the molecule is CCO[P+](=O)OCC.[CH2]=[AlH]. The van der Waals surface area contributed by atoms with Crippen molar-refractivity contribution in [3.8, 4) is 0 Å². The van der Waals surface area contributed by atoms with Gasteiger partial charge in [-0.1, -0.05) is 0 Å². The minimum absolute atomic E-state index is 0.440. The summed E-state index contributed by atoms with van der Waals surface area (Å²) in [6, 6.07) is 0. The van der Waals surface area contributed by atoms with Gasteiger partial charge in [0, 0.05) is 4.57 Å². The van der Waals surface area contributed by atoms with Crippen molar-refractivity contribution in [2.45, 2.75) is 13.8 Å². The predicted octanol–water partition coefficient (Wildman–Crippen LogP) is 1.04. The quantitative estimate of drug-likeness (QED) is 0.477. The zero-order valence-corrected chi connectivity index (χ0v) is 8.81. The third kappa shape index (κ3) is 11.2. The Morgan fingerprint density at radius 1 is 1.30 bits per heavy atom. The summed E-state index contributed by atoms with van der Waals surface area (Å²) in [6.45, 7) is 4.42. The van der Waals surface area contributed by atoms with Gasteiger partial charge in [-0.25, -0.2) is 0 Å². The van der Waals surface area contributed by atoms with Crippen molar-refractivity contribution < 1.29 is 13.6 Å². The summed E-state index contributed by atoms with van der Waals surface area (Å²) < 4.78 is 19.5. The Hall–Kier alpha value is 0.422. The molecule has 10 heavy (non-hydrogen) atoms. The Balaban J connectivity index is 0. The molecule has 0 rings (SSSR count). The van der Waals surface area contributed by atoms with Gasteiger partial charge in [0.15, 0.2) is 0 Å². The van der Waals surface area contributed by atoms with Crippen LogP contribution in [0.2, 0.25) is 0 Å². The molecule has 0 amide bonds. The van der Waals surface area contributed by atoms with Crippen molar-refractivity contribution in [3.63, 3.8) is 0 Å². The fraction of sp³-hybridized carbons (Fsp3) is 0.800. The second-order valence-corrected chi connectivity index (χ2v) is 2.02. The zero-order valence-electron chi connectivity index (χ0n) is 6.50. The van der Waals surface area contributed by atoms with E-state index in [4.69, 9.17) is 0 Å². The second-order valence-electron chi connectivity index (χ2n) is 1.06. The molecule has 0 radical (unpaired) electrons. The summed E-state index contributed by atoms with van der Waals surface area (Å²) in [5, 5.41) is 3.28. The molecule has 0 heterocycles. The van der Waals surface area contributed by atoms with Gasteiger partial charge in [-0.05, 0) is 13.8 Å². The minimum atomic E-state index is -1.83. The molecule has 3 nitrogen and oxygen atoms in total. The Bertz CT molecular complexity index is 81.0. The van der Waals surface area contributed by atoms with Gasteiger partial charge in [0.1, 0.15) is 13.2 Å². The van der Waals surface area contributed by atoms with E-state index in [1.54, 1.807) is 29.7 Å². The van der Waals surface area contributed by atoms with E-state index in [0.717, 1.165) is 0 Å². The van der Waals surface area contributed by atoms with Crippen LogP contribution in [0.3, 0.4) is 0 Å². The van der Waals surface area contributed by atoms with Crippen molar-refractivity contribution >= 4 is 29.5 Å². The van der Waals surface area contributed by atoms with E-state index in [1.165, 1.54) is 0 Å². The first-order valence-corrected chi connectivity index (χ1v) is 5.13. The molecule has 5 heteroatoms. The summed E-state index contributed by atoms with van der Waals surface area (Å²) in [5.41, 5.74) is 0. The van der Waals surface area contributed by atoms with Crippen LogP contribution in [0.4, 0.5) is 0 Å². The van der Waals surface area contributed by atoms with Crippen molar-refractivity contribution in [2.24, 2.45) is 0 Å². The van der Waals surface area contributed by atoms with Gasteiger partial charge in [0.05, 0.1) is 0 Å². The van der Waals surface area contributed by atoms with Crippen molar-refractivity contribution in [1.29, 1.82) is 0 Å². The standard InChI is InChI=1S/C4H10O3P.CH2.Al.H/c1-3-6-8(5)7-4-2;;;/h3-4H2,1-2H3;1H2;;/q+1;;;. The van der Waals surface area contributed by atoms with Crippen LogP contribution in [0, 0.1) is 0 Å². The topological polar surface area (TPSA) is 35.5 Å². The average molecular weight is 179 g/mol. The van der Waals surface area contributed by atoms with Gasteiger partial charge in [0.25, 0.3) is 0 Å². The van der Waals surface area contributed by atoms with Crippen LogP contribution in [0.5, 0.6) is 0 Å². The number of rotatable bonds is 4. The van der Waals surface area contributed by atoms with Gasteiger partial charge in [0.2, 0.25) is 0 Å². The summed E-state index contributed by atoms with van der Waals surface area (Å²) in [7, 11) is -1.83. The second kappa shape index (κ2) is 12.1. The normalized spacial score (nSPS) is 7.70. The molecule has 0 bridgehead atoms. The van der Waals surface area contributed by atoms with Crippen LogP contribution < -0.4 is 0 Å². The van der Waals surface area contributed by atoms with E-state index >= 15 is 0 Å². The van der Waals surface area contributed by atoms with Crippen molar-refractivity contribution in [2.75, 3.05) is 13.2 Å². The van der Waals surface area contributed by atoms with Gasteiger partial charge in [-0.2, -0.15) is 0 Å². The molecule has 0 aliphatic heterocycles. The summed E-state index contributed by atoms with van der Waals surface area (Å²) >= 11 is 1.61. The number of hydrogen-bond acceptors (Lipinski definition) is 3. The summed E-state index contributed by atoms with van der Waals surface area (Å²) in [4.78, 5) is 0. The molecule has 0 saturated heterocycles. The molecule has 0 saturated carbocycles. The average Bonchev–Trinajstić information content (AvgIpc) is 1.93. The van der Waals surface area contributed by atoms with Gasteiger partial charge in [-0.3, -0.25) is 0 Å². The van der Waals surface area contributed by atoms with Gasteiger partial charge < -0.3 is 0 Å². The van der Waals surface area contributed by atoms with Gasteiger partial charge in [-0.15, -0.1) is 9.05 Å². The molecule has 58 valence electrons. The molecule has 0 aliphatic rings. The molecular weight excluding hydrogens is 166 g/mol. The molecule has 0 N–H and O–H groups in total. The third-order valence-electron chi connectivity index (χ3n) is 0.469. The van der Waals surface area contributed by atoms with Crippen molar-refractivity contribution in [1.82, 2.24) is 0 Å². The van der Waals surface area contributed by atoms with Crippen LogP contribution in [0.1, 0.15) is 13.8 Å². The van der Waals surface area contributed by atoms with E-state index < -0.39 is 8.25 Å². The monoisotopic (exact) mass is 179 g/mol. The predicted molar refractivity (Wildman–Crippen MR) is 45.1 cm³/mol. The Morgan fingerprint density at radius 3 is 1.80 bits per heavy atom. The first-order valence-electron chi connectivity index (χ1n) is 3.04. The van der Waals surface area contributed by atoms with Crippen LogP contribution in [-0.4, -0.2) is 34.5 Å². The van der Waals surface area contributed by atoms with E-state index in [-0.39, 0.29) is 0 Å². The summed E-state index contributed by atoms with van der Waals surface area (Å²) in [5.74, 6) is 0. The molecule has 0 spiro atoms. The van der Waals surface area contributed by atoms with Crippen LogP contribution >= 0.6 is 8.25 Å². The molecular formula is C5H13AlO3P+. The van der Waals surface area contributed by atoms with E-state index in [2.05, 4.69) is 14.4 Å². The maximum atomic E-state index is 10.3. The molecule has 0 aromatic carbocycles. The zero-order chi connectivity index (χ0) is 8.41. The third-order valence-corrected chi connectivity index (χ3v) is 1.41. The Morgan fingerprint density at radius 2 is 1.60 bits per heavy atom. The molecule has 0 unspecified atom stereocenters. The molecule has 0 fully saturated rings. The first-order chi connectivity index (χ1) is 4.81.